The second-order valence-corrected chi connectivity index (χ2v) is 18.8. The molecule has 0 fully saturated rings. The third-order valence-electron chi connectivity index (χ3n) is 13.7. The number of hydrogen-bond acceptors (Lipinski definition) is 2. The summed E-state index contributed by atoms with van der Waals surface area (Å²) >= 11 is 2.54. The summed E-state index contributed by atoms with van der Waals surface area (Å²) in [6, 6.07) is 80.2. The number of aryl methyl sites for hydroxylation is 2. The molecule has 0 aliphatic heterocycles. The van der Waals surface area contributed by atoms with Gasteiger partial charge in [-0.25, -0.2) is 4.98 Å². The molecule has 12 aromatic rings. The Hall–Kier alpha value is -8.11. The van der Waals surface area contributed by atoms with Crippen molar-refractivity contribution < 1.29 is 28.2 Å². The average molecular weight is 1080 g/mol. The molecule has 1 atom stereocenters. The normalized spacial score (nSPS) is 14.1. The summed E-state index contributed by atoms with van der Waals surface area (Å²) in [6.45, 7) is -2.40. The standard InChI is InChI=1S/C64H44N4O.Pt/c1-43-37-63(65-41-57(43)47-23-12-5-13-24-47)68-59-36-31-49(44-17-6-2-7-18-44)38-56(59)54-34-33-51(40-62(54)68)69-50-32-29-48-30-35-58(55(48)39-50)66-42-67(61-28-15-14-27-60(61)66)64-52(45-19-8-3-9-20-45)25-16-26-53(64)46-21-10-4-11-22-46;/h2-29,31-34,36-38,41,58H,30,35H2,1H3;/q-2;/i1D3;. The van der Waals surface area contributed by atoms with Crippen LogP contribution in [-0.2, 0) is 25.8 Å². The maximum atomic E-state index is 8.65. The first-order valence-corrected chi connectivity index (χ1v) is 24.7. The molecule has 3 aromatic heterocycles. The zero-order valence-electron chi connectivity index (χ0n) is 40.8. The van der Waals surface area contributed by atoms with Gasteiger partial charge in [-0.1, -0.05) is 72.8 Å². The third kappa shape index (κ3) is 7.20. The number of pyridine rings is 1. The molecule has 338 valence electrons. The van der Waals surface area contributed by atoms with Gasteiger partial charge in [-0.05, 0) is 41.2 Å². The van der Waals surface area contributed by atoms with Gasteiger partial charge in [0, 0.05) is 15.9 Å². The summed E-state index contributed by atoms with van der Waals surface area (Å²) < 4.78 is 40.8. The molecule has 0 saturated heterocycles. The van der Waals surface area contributed by atoms with E-state index in [4.69, 9.17) is 13.8 Å². The maximum absolute atomic E-state index is 8.65. The molecule has 9 aromatic carbocycles. The van der Waals surface area contributed by atoms with Gasteiger partial charge in [-0.2, -0.15) is 0 Å². The number of hydrogen-bond donors (Lipinski definition) is 0. The van der Waals surface area contributed by atoms with E-state index < -0.39 is 6.85 Å². The molecule has 0 bridgehead atoms. The summed E-state index contributed by atoms with van der Waals surface area (Å²) in [4.78, 5) is 4.97. The Balaban J connectivity index is 0.929. The van der Waals surface area contributed by atoms with Crippen molar-refractivity contribution in [2.75, 3.05) is 0 Å². The number of rotatable bonds is 9. The van der Waals surface area contributed by atoms with Crippen LogP contribution in [0.5, 0.6) is 11.5 Å². The molecule has 5 nitrogen and oxygen atoms in total. The number of nitrogens with zero attached hydrogens (tertiary/aromatic N) is 4. The van der Waals surface area contributed by atoms with E-state index in [0.717, 1.165) is 99.7 Å². The van der Waals surface area contributed by atoms with E-state index in [2.05, 4.69) is 186 Å². The minimum atomic E-state index is -2.40. The van der Waals surface area contributed by atoms with Gasteiger partial charge in [0.15, 0.2) is 0 Å². The van der Waals surface area contributed by atoms with Crippen LogP contribution in [0.2, 0.25) is 0 Å². The second kappa shape index (κ2) is 17.4. The molecule has 0 amide bonds. The molecule has 1 aliphatic carbocycles. The van der Waals surface area contributed by atoms with Crippen LogP contribution in [-0.4, -0.2) is 18.7 Å². The van der Waals surface area contributed by atoms with Crippen LogP contribution < -0.4 is 4.74 Å². The molecule has 0 spiro atoms. The van der Waals surface area contributed by atoms with E-state index in [1.54, 1.807) is 12.3 Å². The van der Waals surface area contributed by atoms with Crippen LogP contribution in [0.1, 0.15) is 33.3 Å². The minimum Gasteiger partial charge on any atom is -0.238 e. The molecule has 13 rings (SSSR count). The van der Waals surface area contributed by atoms with Gasteiger partial charge >= 0.3 is 289 Å². The summed E-state index contributed by atoms with van der Waals surface area (Å²) in [5.41, 5.74) is 15.7. The van der Waals surface area contributed by atoms with Crippen molar-refractivity contribution in [1.29, 1.82) is 0 Å². The molecule has 6 heteroatoms. The van der Waals surface area contributed by atoms with Crippen molar-refractivity contribution in [3.8, 4) is 67.5 Å². The SMILES string of the molecule is [2H]C([2H])([2H])c1cc(-n2c3[c-]c(Oc4[c-]c5c(cc4)CCC5n4[c](=[Pt])n(-c5c(-c6ccccc6)cccc5-c5ccccc5)c5ccccc54)ccc3c3cc(-c4ccccc4)ccc32)ncc1-c1ccccc1. The van der Waals surface area contributed by atoms with E-state index in [-0.39, 0.29) is 11.6 Å². The first-order valence-electron chi connectivity index (χ1n) is 25.0. The topological polar surface area (TPSA) is 36.9 Å². The van der Waals surface area contributed by atoms with Crippen LogP contribution in [0.25, 0.3) is 88.9 Å². The Kier molecular flexibility index (Phi) is 9.67. The van der Waals surface area contributed by atoms with Gasteiger partial charge in [0.2, 0.25) is 0 Å². The predicted octanol–water partition coefficient (Wildman–Crippen LogP) is 15.9. The Morgan fingerprint density at radius 2 is 1.16 bits per heavy atom. The van der Waals surface area contributed by atoms with Crippen molar-refractivity contribution in [1.82, 2.24) is 18.7 Å². The number of ether oxygens (including phenoxy) is 1. The minimum absolute atomic E-state index is 0.00795. The number of para-hydroxylation sites is 3. The van der Waals surface area contributed by atoms with Crippen molar-refractivity contribution in [2.24, 2.45) is 0 Å². The van der Waals surface area contributed by atoms with Crippen LogP contribution in [0.15, 0.2) is 219 Å². The number of benzene rings is 9. The summed E-state index contributed by atoms with van der Waals surface area (Å²) in [5.74, 6) is 1.57. The number of fused-ring (bicyclic) bond motifs is 5. The molecule has 0 N–H and O–H groups in total. The monoisotopic (exact) mass is 1080 g/mol. The average Bonchev–Trinajstić information content (AvgIpc) is 4.09. The van der Waals surface area contributed by atoms with Crippen LogP contribution in [0.3, 0.4) is 0 Å². The zero-order valence-corrected chi connectivity index (χ0v) is 40.1. The van der Waals surface area contributed by atoms with Crippen molar-refractivity contribution in [2.45, 2.75) is 25.7 Å². The van der Waals surface area contributed by atoms with Crippen LogP contribution in [0, 0.1) is 22.8 Å². The molecule has 3 heterocycles. The van der Waals surface area contributed by atoms with Gasteiger partial charge in [-0.3, -0.25) is 0 Å². The Bertz CT molecular complexity index is 4070. The van der Waals surface area contributed by atoms with Crippen LogP contribution >= 0.6 is 0 Å². The van der Waals surface area contributed by atoms with E-state index in [1.165, 1.54) is 5.56 Å². The van der Waals surface area contributed by atoms with Crippen molar-refractivity contribution in [3.05, 3.63) is 251 Å². The molecule has 1 unspecified atom stereocenters. The smallest absolute Gasteiger partial charge is 0.238 e. The molecular weight excluding hydrogens is 1040 g/mol. The first kappa shape index (κ1) is 38.8. The summed E-state index contributed by atoms with van der Waals surface area (Å²) in [7, 11) is 0. The Morgan fingerprint density at radius 3 is 1.84 bits per heavy atom. The number of imidazole rings is 1. The van der Waals surface area contributed by atoms with E-state index in [1.807, 2.05) is 65.2 Å². The van der Waals surface area contributed by atoms with E-state index in [0.29, 0.717) is 22.9 Å². The van der Waals surface area contributed by atoms with Crippen LogP contribution in [0.4, 0.5) is 0 Å². The fourth-order valence-corrected chi connectivity index (χ4v) is 11.6. The van der Waals surface area contributed by atoms with Gasteiger partial charge in [0.25, 0.3) is 0 Å². The van der Waals surface area contributed by atoms with Gasteiger partial charge in [0.1, 0.15) is 0 Å². The van der Waals surface area contributed by atoms with E-state index in [9.17, 15) is 0 Å². The Labute approximate surface area is 421 Å². The molecular formula is C64H44N4OPt-2. The third-order valence-corrected chi connectivity index (χ3v) is 14.8. The molecule has 0 radical (unpaired) electrons. The van der Waals surface area contributed by atoms with Crippen molar-refractivity contribution in [3.63, 3.8) is 0 Å². The zero-order chi connectivity index (χ0) is 49.2. The van der Waals surface area contributed by atoms with Gasteiger partial charge < -0.3 is 0 Å². The molecule has 70 heavy (non-hydrogen) atoms. The van der Waals surface area contributed by atoms with Gasteiger partial charge in [-0.15, -0.1) is 0 Å². The Morgan fingerprint density at radius 1 is 0.543 bits per heavy atom. The molecule has 1 aliphatic rings. The fraction of sp³-hybridized carbons (Fsp3) is 0.0625. The molecule has 0 saturated carbocycles. The summed E-state index contributed by atoms with van der Waals surface area (Å²) in [5, 5.41) is 1.93. The number of aromatic nitrogens is 4. The summed E-state index contributed by atoms with van der Waals surface area (Å²) in [6.07, 6.45) is 3.50. The first-order chi connectivity index (χ1) is 35.8. The fourth-order valence-electron chi connectivity index (χ4n) is 10.5. The van der Waals surface area contributed by atoms with Crippen molar-refractivity contribution >= 4 is 32.8 Å². The van der Waals surface area contributed by atoms with Gasteiger partial charge in [0.05, 0.1) is 0 Å². The second-order valence-electron chi connectivity index (χ2n) is 17.8. The quantitative estimate of drug-likeness (QED) is 0.135. The predicted molar refractivity (Wildman–Crippen MR) is 280 cm³/mol. The van der Waals surface area contributed by atoms with E-state index >= 15 is 0 Å².